The van der Waals surface area contributed by atoms with Crippen LogP contribution in [0.5, 0.6) is 11.5 Å². The predicted molar refractivity (Wildman–Crippen MR) is 64.0 cm³/mol. The van der Waals surface area contributed by atoms with E-state index in [0.717, 1.165) is 11.8 Å². The van der Waals surface area contributed by atoms with E-state index in [1.54, 1.807) is 20.3 Å². The molecule has 0 saturated heterocycles. The van der Waals surface area contributed by atoms with Crippen LogP contribution in [0.2, 0.25) is 0 Å². The van der Waals surface area contributed by atoms with Gasteiger partial charge in [0.25, 0.3) is 10.1 Å². The van der Waals surface area contributed by atoms with Crippen LogP contribution in [0.25, 0.3) is 0 Å². The molecule has 0 heterocycles. The van der Waals surface area contributed by atoms with Gasteiger partial charge in [-0.25, -0.2) is 0 Å². The van der Waals surface area contributed by atoms with Crippen molar-refractivity contribution in [2.45, 2.75) is 6.42 Å². The molecule has 0 aliphatic carbocycles. The third kappa shape index (κ3) is 4.24. The molecule has 1 rings (SSSR count). The fourth-order valence-electron chi connectivity index (χ4n) is 1.45. The number of rotatable bonds is 6. The van der Waals surface area contributed by atoms with Gasteiger partial charge >= 0.3 is 0 Å². The van der Waals surface area contributed by atoms with Gasteiger partial charge in [-0.05, 0) is 6.07 Å². The van der Waals surface area contributed by atoms with Gasteiger partial charge in [-0.1, -0.05) is 12.1 Å². The van der Waals surface area contributed by atoms with Crippen molar-refractivity contribution in [2.75, 3.05) is 27.1 Å². The number of para-hydroxylation sites is 1. The van der Waals surface area contributed by atoms with Crippen molar-refractivity contribution in [1.29, 1.82) is 0 Å². The molecule has 0 aromatic heterocycles. The molecule has 0 radical (unpaired) electrons. The molecular weight excluding hydrogens is 244 g/mol. The average molecular weight is 260 g/mol. The molecule has 0 spiro atoms. The van der Waals surface area contributed by atoms with Crippen molar-refractivity contribution in [3.05, 3.63) is 23.8 Å². The number of methoxy groups -OCH3 is 2. The van der Waals surface area contributed by atoms with E-state index in [-0.39, 0.29) is 6.61 Å². The minimum absolute atomic E-state index is 0.0857. The molecule has 0 aliphatic rings. The van der Waals surface area contributed by atoms with Crippen molar-refractivity contribution < 1.29 is 22.1 Å². The monoisotopic (exact) mass is 260 g/mol. The lowest BCUT2D eigenvalue weighted by atomic mass is 10.1. The van der Waals surface area contributed by atoms with Crippen molar-refractivity contribution >= 4 is 10.1 Å². The Hall–Kier alpha value is -1.27. The molecular formula is C11H16O5S. The fourth-order valence-corrected chi connectivity index (χ4v) is 1.84. The minimum Gasteiger partial charge on any atom is -0.493 e. The highest BCUT2D eigenvalue weighted by atomic mass is 32.2. The molecule has 0 fully saturated rings. The quantitative estimate of drug-likeness (QED) is 0.720. The molecule has 0 saturated carbocycles. The maximum Gasteiger partial charge on any atom is 0.264 e. The molecule has 6 heteroatoms. The van der Waals surface area contributed by atoms with Crippen molar-refractivity contribution in [1.82, 2.24) is 0 Å². The Morgan fingerprint density at radius 1 is 1.18 bits per heavy atom. The Kier molecular flexibility index (Phi) is 4.77. The van der Waals surface area contributed by atoms with Crippen LogP contribution in [0, 0.1) is 0 Å². The first kappa shape index (κ1) is 13.8. The largest absolute Gasteiger partial charge is 0.493 e. The Balaban J connectivity index is 2.77. The highest BCUT2D eigenvalue weighted by Crippen LogP contribution is 2.30. The van der Waals surface area contributed by atoms with Crippen LogP contribution in [0.15, 0.2) is 18.2 Å². The molecule has 1 aromatic rings. The molecule has 0 bridgehead atoms. The molecule has 1 aromatic carbocycles. The lowest BCUT2D eigenvalue weighted by Gasteiger charge is -2.12. The number of hydrogen-bond acceptors (Lipinski definition) is 5. The van der Waals surface area contributed by atoms with Gasteiger partial charge in [-0.15, -0.1) is 0 Å². The van der Waals surface area contributed by atoms with Crippen LogP contribution in [-0.4, -0.2) is 35.5 Å². The van der Waals surface area contributed by atoms with Crippen LogP contribution in [0.4, 0.5) is 0 Å². The van der Waals surface area contributed by atoms with E-state index < -0.39 is 10.1 Å². The molecule has 0 unspecified atom stereocenters. The molecule has 0 amide bonds. The predicted octanol–water partition coefficient (Wildman–Crippen LogP) is 1.22. The maximum atomic E-state index is 10.8. The van der Waals surface area contributed by atoms with Gasteiger partial charge < -0.3 is 9.47 Å². The second-order valence-corrected chi connectivity index (χ2v) is 5.07. The summed E-state index contributed by atoms with van der Waals surface area (Å²) in [6.45, 7) is 0.0857. The minimum atomic E-state index is -3.40. The number of hydrogen-bond donors (Lipinski definition) is 0. The zero-order chi connectivity index (χ0) is 12.9. The van der Waals surface area contributed by atoms with Gasteiger partial charge in [0.2, 0.25) is 0 Å². The zero-order valence-electron chi connectivity index (χ0n) is 10.1. The van der Waals surface area contributed by atoms with E-state index in [9.17, 15) is 8.42 Å². The first-order valence-electron chi connectivity index (χ1n) is 5.02. The van der Waals surface area contributed by atoms with Crippen LogP contribution in [-0.2, 0) is 20.7 Å². The number of benzene rings is 1. The van der Waals surface area contributed by atoms with Gasteiger partial charge in [-0.3, -0.25) is 4.18 Å². The molecule has 0 atom stereocenters. The summed E-state index contributed by atoms with van der Waals surface area (Å²) < 4.78 is 36.7. The van der Waals surface area contributed by atoms with E-state index in [4.69, 9.17) is 9.47 Å². The SMILES string of the molecule is COc1cccc(CCOS(C)(=O)=O)c1OC. The van der Waals surface area contributed by atoms with E-state index >= 15 is 0 Å². The second kappa shape index (κ2) is 5.88. The third-order valence-corrected chi connectivity index (χ3v) is 2.75. The first-order chi connectivity index (χ1) is 7.98. The number of ether oxygens (including phenoxy) is 2. The summed E-state index contributed by atoms with van der Waals surface area (Å²) >= 11 is 0. The average Bonchev–Trinajstić information content (AvgIpc) is 2.27. The fraction of sp³-hybridized carbons (Fsp3) is 0.455. The van der Waals surface area contributed by atoms with Gasteiger partial charge in [-0.2, -0.15) is 8.42 Å². The summed E-state index contributed by atoms with van der Waals surface area (Å²) in [5.74, 6) is 1.22. The lowest BCUT2D eigenvalue weighted by molar-refractivity contribution is 0.318. The molecule has 17 heavy (non-hydrogen) atoms. The van der Waals surface area contributed by atoms with E-state index in [1.165, 1.54) is 0 Å². The zero-order valence-corrected chi connectivity index (χ0v) is 10.9. The Labute approximate surface area is 101 Å². The molecule has 0 aliphatic heterocycles. The first-order valence-corrected chi connectivity index (χ1v) is 6.84. The topological polar surface area (TPSA) is 61.8 Å². The van der Waals surface area contributed by atoms with Crippen molar-refractivity contribution in [3.8, 4) is 11.5 Å². The van der Waals surface area contributed by atoms with Gasteiger partial charge in [0, 0.05) is 12.0 Å². The normalized spacial score (nSPS) is 11.2. The smallest absolute Gasteiger partial charge is 0.264 e. The second-order valence-electron chi connectivity index (χ2n) is 3.43. The van der Waals surface area contributed by atoms with Crippen LogP contribution in [0.3, 0.4) is 0 Å². The van der Waals surface area contributed by atoms with Crippen molar-refractivity contribution in [2.24, 2.45) is 0 Å². The highest BCUT2D eigenvalue weighted by molar-refractivity contribution is 7.85. The van der Waals surface area contributed by atoms with E-state index in [2.05, 4.69) is 4.18 Å². The summed E-state index contributed by atoms with van der Waals surface area (Å²) in [7, 11) is -0.311. The summed E-state index contributed by atoms with van der Waals surface area (Å²) in [5.41, 5.74) is 0.843. The Morgan fingerprint density at radius 3 is 2.41 bits per heavy atom. The standard InChI is InChI=1S/C11H16O5S/c1-14-10-6-4-5-9(11(10)15-2)7-8-16-17(3,12)13/h4-6H,7-8H2,1-3H3. The highest BCUT2D eigenvalue weighted by Gasteiger charge is 2.10. The molecule has 96 valence electrons. The summed E-state index contributed by atoms with van der Waals surface area (Å²) in [5, 5.41) is 0. The van der Waals surface area contributed by atoms with Gasteiger partial charge in [0.05, 0.1) is 27.1 Å². The van der Waals surface area contributed by atoms with E-state index in [1.807, 2.05) is 12.1 Å². The van der Waals surface area contributed by atoms with E-state index in [0.29, 0.717) is 17.9 Å². The van der Waals surface area contributed by atoms with Gasteiger partial charge in [0.1, 0.15) is 0 Å². The van der Waals surface area contributed by atoms with Crippen molar-refractivity contribution in [3.63, 3.8) is 0 Å². The summed E-state index contributed by atoms with van der Waals surface area (Å²) in [4.78, 5) is 0. The molecule has 0 N–H and O–H groups in total. The van der Waals surface area contributed by atoms with Crippen LogP contribution in [0.1, 0.15) is 5.56 Å². The summed E-state index contributed by atoms with van der Waals surface area (Å²) in [6, 6.07) is 5.43. The Morgan fingerprint density at radius 2 is 1.88 bits per heavy atom. The summed E-state index contributed by atoms with van der Waals surface area (Å²) in [6.07, 6.45) is 1.46. The lowest BCUT2D eigenvalue weighted by Crippen LogP contribution is -2.07. The van der Waals surface area contributed by atoms with Crippen LogP contribution < -0.4 is 9.47 Å². The van der Waals surface area contributed by atoms with Gasteiger partial charge in [0.15, 0.2) is 11.5 Å². The Bertz CT molecular complexity index is 467. The maximum absolute atomic E-state index is 10.8. The third-order valence-electron chi connectivity index (χ3n) is 2.15. The van der Waals surface area contributed by atoms with Crippen LogP contribution >= 0.6 is 0 Å². The molecule has 5 nitrogen and oxygen atoms in total.